The minimum Gasteiger partial charge on any atom is -0.469 e. The largest absolute Gasteiger partial charge is 0.469 e. The number of carbonyl (C=O) groups is 2. The predicted octanol–water partition coefficient (Wildman–Crippen LogP) is 2.56. The highest BCUT2D eigenvalue weighted by Gasteiger charge is 2.68. The van der Waals surface area contributed by atoms with Crippen molar-refractivity contribution in [2.45, 2.75) is 38.7 Å². The Balaban J connectivity index is 1.95. The molecule has 5 heteroatoms. The summed E-state index contributed by atoms with van der Waals surface area (Å²) in [6.45, 7) is 5.97. The summed E-state index contributed by atoms with van der Waals surface area (Å²) in [6, 6.07) is 0. The van der Waals surface area contributed by atoms with E-state index in [9.17, 15) is 14.7 Å². The van der Waals surface area contributed by atoms with Gasteiger partial charge in [0, 0.05) is 11.3 Å². The summed E-state index contributed by atoms with van der Waals surface area (Å²) in [5.41, 5.74) is 1.92. The molecule has 1 N–H and O–H groups in total. The highest BCUT2D eigenvalue weighted by atomic mass is 16.5. The number of methoxy groups -OCH3 is 2. The molecule has 140 valence electrons. The standard InChI is InChI=1S/C21H26O5/c1-11-9-21-10-12(11)5-7-14(21)13-6-8-15(22)20(2,19(24)26-4)16(13)17(21)18(23)25-3/h6,8,12,15-17,22H,1,5,7,9-10H2,2-4H3/t12-,15+,16-,17-,20-,21+/m1/s1. The summed E-state index contributed by atoms with van der Waals surface area (Å²) < 4.78 is 10.3. The van der Waals surface area contributed by atoms with E-state index in [-0.39, 0.29) is 11.4 Å². The summed E-state index contributed by atoms with van der Waals surface area (Å²) in [5, 5.41) is 10.7. The number of carbonyl (C=O) groups excluding carboxylic acids is 2. The predicted molar refractivity (Wildman–Crippen MR) is 94.8 cm³/mol. The maximum absolute atomic E-state index is 13.0. The molecule has 0 amide bonds. The molecular weight excluding hydrogens is 332 g/mol. The number of ether oxygens (including phenoxy) is 2. The number of fused-ring (bicyclic) bond motifs is 2. The molecule has 6 atom stereocenters. The smallest absolute Gasteiger partial charge is 0.315 e. The lowest BCUT2D eigenvalue weighted by Gasteiger charge is -2.44. The van der Waals surface area contributed by atoms with Crippen LogP contribution in [0.25, 0.3) is 0 Å². The van der Waals surface area contributed by atoms with Crippen LogP contribution in [0.4, 0.5) is 0 Å². The van der Waals surface area contributed by atoms with Gasteiger partial charge >= 0.3 is 11.9 Å². The van der Waals surface area contributed by atoms with E-state index in [4.69, 9.17) is 9.47 Å². The molecular formula is C21H26O5. The lowest BCUT2D eigenvalue weighted by Crippen LogP contribution is -2.53. The number of hydrogen-bond donors (Lipinski definition) is 1. The van der Waals surface area contributed by atoms with Crippen LogP contribution in [0.5, 0.6) is 0 Å². The molecule has 4 rings (SSSR count). The second-order valence-corrected chi connectivity index (χ2v) is 8.42. The molecule has 0 heterocycles. The molecule has 0 unspecified atom stereocenters. The Morgan fingerprint density at radius 1 is 1.31 bits per heavy atom. The van der Waals surface area contributed by atoms with Crippen molar-refractivity contribution in [3.63, 3.8) is 0 Å². The quantitative estimate of drug-likeness (QED) is 0.607. The van der Waals surface area contributed by atoms with Gasteiger partial charge in [0.1, 0.15) is 5.41 Å². The highest BCUT2D eigenvalue weighted by Crippen LogP contribution is 2.70. The fourth-order valence-electron chi connectivity index (χ4n) is 6.26. The van der Waals surface area contributed by atoms with Gasteiger partial charge in [-0.15, -0.1) is 0 Å². The minimum atomic E-state index is -1.21. The van der Waals surface area contributed by atoms with Crippen LogP contribution in [0.3, 0.4) is 0 Å². The summed E-state index contributed by atoms with van der Waals surface area (Å²) in [7, 11) is 2.72. The monoisotopic (exact) mass is 358 g/mol. The van der Waals surface area contributed by atoms with Gasteiger partial charge in [-0.05, 0) is 44.1 Å². The average Bonchev–Trinajstić information content (AvgIpc) is 3.07. The van der Waals surface area contributed by atoms with Crippen molar-refractivity contribution in [3.8, 4) is 0 Å². The van der Waals surface area contributed by atoms with Gasteiger partial charge in [0.25, 0.3) is 0 Å². The number of hydrogen-bond acceptors (Lipinski definition) is 5. The van der Waals surface area contributed by atoms with E-state index in [1.807, 2.05) is 6.08 Å². The van der Waals surface area contributed by atoms with E-state index in [1.165, 1.54) is 25.4 Å². The molecule has 0 radical (unpaired) electrons. The molecule has 4 aliphatic rings. The Morgan fingerprint density at radius 2 is 2.04 bits per heavy atom. The van der Waals surface area contributed by atoms with Gasteiger partial charge in [0.15, 0.2) is 0 Å². The third-order valence-corrected chi connectivity index (χ3v) is 7.49. The van der Waals surface area contributed by atoms with Crippen molar-refractivity contribution >= 4 is 11.9 Å². The van der Waals surface area contributed by atoms with Gasteiger partial charge in [0.05, 0.1) is 26.2 Å². The van der Waals surface area contributed by atoms with Gasteiger partial charge in [-0.1, -0.05) is 29.9 Å². The molecule has 26 heavy (non-hydrogen) atoms. The van der Waals surface area contributed by atoms with E-state index in [1.54, 1.807) is 13.0 Å². The molecule has 0 aromatic rings. The first-order chi connectivity index (χ1) is 12.3. The zero-order valence-corrected chi connectivity index (χ0v) is 15.6. The number of esters is 2. The Kier molecular flexibility index (Phi) is 3.75. The van der Waals surface area contributed by atoms with Crippen LogP contribution in [0.15, 0.2) is 35.5 Å². The average molecular weight is 358 g/mol. The summed E-state index contributed by atoms with van der Waals surface area (Å²) >= 11 is 0. The van der Waals surface area contributed by atoms with Crippen molar-refractivity contribution in [3.05, 3.63) is 35.5 Å². The maximum atomic E-state index is 13.0. The fraction of sp³-hybridized carbons (Fsp3) is 0.619. The SMILES string of the molecule is C=C1C[C@]23C[C@H]1CCC2=C1C=C[C@H](O)[C@@](C)(C(=O)OC)[C@H]1[C@@H]3C(=O)OC. The van der Waals surface area contributed by atoms with Crippen LogP contribution >= 0.6 is 0 Å². The molecule has 0 aliphatic heterocycles. The molecule has 0 saturated heterocycles. The lowest BCUT2D eigenvalue weighted by atomic mass is 9.59. The summed E-state index contributed by atoms with van der Waals surface area (Å²) in [4.78, 5) is 25.7. The van der Waals surface area contributed by atoms with Crippen LogP contribution in [0.2, 0.25) is 0 Å². The maximum Gasteiger partial charge on any atom is 0.315 e. The summed E-state index contributed by atoms with van der Waals surface area (Å²) in [6.07, 6.45) is 6.15. The van der Waals surface area contributed by atoms with E-state index < -0.39 is 29.3 Å². The van der Waals surface area contributed by atoms with Crippen LogP contribution in [0.1, 0.15) is 32.6 Å². The Hall–Kier alpha value is -1.88. The van der Waals surface area contributed by atoms with Crippen LogP contribution in [-0.4, -0.2) is 37.4 Å². The van der Waals surface area contributed by atoms with Gasteiger partial charge in [-0.3, -0.25) is 9.59 Å². The molecule has 2 fully saturated rings. The van der Waals surface area contributed by atoms with Crippen molar-refractivity contribution in [2.24, 2.45) is 28.6 Å². The highest BCUT2D eigenvalue weighted by molar-refractivity contribution is 5.84. The van der Waals surface area contributed by atoms with E-state index >= 15 is 0 Å². The summed E-state index contributed by atoms with van der Waals surface area (Å²) in [5.74, 6) is -1.32. The second kappa shape index (κ2) is 5.56. The second-order valence-electron chi connectivity index (χ2n) is 8.42. The molecule has 2 bridgehead atoms. The molecule has 4 aliphatic carbocycles. The molecule has 0 aromatic heterocycles. The third kappa shape index (κ3) is 1.90. The Bertz CT molecular complexity index is 762. The lowest BCUT2D eigenvalue weighted by molar-refractivity contribution is -0.168. The third-order valence-electron chi connectivity index (χ3n) is 7.49. The zero-order valence-electron chi connectivity index (χ0n) is 15.6. The molecule has 2 saturated carbocycles. The first-order valence-electron chi connectivity index (χ1n) is 9.25. The zero-order chi connectivity index (χ0) is 18.9. The number of aliphatic hydroxyl groups is 1. The number of rotatable bonds is 2. The van der Waals surface area contributed by atoms with Gasteiger partial charge in [-0.2, -0.15) is 0 Å². The van der Waals surface area contributed by atoms with Crippen LogP contribution < -0.4 is 0 Å². The minimum absolute atomic E-state index is 0.310. The Labute approximate surface area is 153 Å². The van der Waals surface area contributed by atoms with Crippen molar-refractivity contribution in [1.29, 1.82) is 0 Å². The molecule has 1 spiro atoms. The first-order valence-corrected chi connectivity index (χ1v) is 9.25. The van der Waals surface area contributed by atoms with Crippen LogP contribution in [-0.2, 0) is 19.1 Å². The van der Waals surface area contributed by atoms with Crippen molar-refractivity contribution in [2.75, 3.05) is 14.2 Å². The normalized spacial score (nSPS) is 43.2. The topological polar surface area (TPSA) is 72.8 Å². The number of aliphatic hydroxyl groups excluding tert-OH is 1. The van der Waals surface area contributed by atoms with E-state index in [0.717, 1.165) is 31.3 Å². The van der Waals surface area contributed by atoms with Crippen LogP contribution in [0, 0.1) is 28.6 Å². The van der Waals surface area contributed by atoms with Crippen molar-refractivity contribution in [1.82, 2.24) is 0 Å². The van der Waals surface area contributed by atoms with Crippen molar-refractivity contribution < 1.29 is 24.2 Å². The number of allylic oxidation sites excluding steroid dienone is 4. The molecule has 5 nitrogen and oxygen atoms in total. The van der Waals surface area contributed by atoms with E-state index in [2.05, 4.69) is 6.58 Å². The van der Waals surface area contributed by atoms with Gasteiger partial charge < -0.3 is 14.6 Å². The Morgan fingerprint density at radius 3 is 2.69 bits per heavy atom. The van der Waals surface area contributed by atoms with Gasteiger partial charge in [0.2, 0.25) is 0 Å². The first kappa shape index (κ1) is 17.5. The molecule has 0 aromatic carbocycles. The van der Waals surface area contributed by atoms with Gasteiger partial charge in [-0.25, -0.2) is 0 Å². The van der Waals surface area contributed by atoms with E-state index in [0.29, 0.717) is 5.92 Å². The fourth-order valence-corrected chi connectivity index (χ4v) is 6.26.